The number of nitrogens with zero attached hydrogens (tertiary/aromatic N) is 2. The number of nitrogens with one attached hydrogen (secondary N) is 2. The molecule has 0 unspecified atom stereocenters. The Morgan fingerprint density at radius 1 is 0.944 bits per heavy atom. The SMILES string of the molecule is Cc1cc(C)c(S(=O)(=O)Nc2ccccc2C(=O)OCC(=O)Nc2cc(=O)n(C)c(=O)n2C)c(C)c1. The number of sulfonamides is 1. The molecule has 0 saturated carbocycles. The van der Waals surface area contributed by atoms with Crippen LogP contribution in [0.4, 0.5) is 11.5 Å². The van der Waals surface area contributed by atoms with E-state index in [1.165, 1.54) is 32.3 Å². The maximum absolute atomic E-state index is 13.1. The fourth-order valence-electron chi connectivity index (χ4n) is 3.78. The summed E-state index contributed by atoms with van der Waals surface area (Å²) < 4.78 is 35.7. The van der Waals surface area contributed by atoms with Crippen LogP contribution >= 0.6 is 0 Å². The number of ether oxygens (including phenoxy) is 1. The van der Waals surface area contributed by atoms with E-state index in [0.29, 0.717) is 11.1 Å². The lowest BCUT2D eigenvalue weighted by Crippen LogP contribution is -2.38. The van der Waals surface area contributed by atoms with Crippen LogP contribution in [0.25, 0.3) is 0 Å². The molecule has 190 valence electrons. The molecule has 36 heavy (non-hydrogen) atoms. The Kier molecular flexibility index (Phi) is 7.48. The zero-order valence-electron chi connectivity index (χ0n) is 20.4. The van der Waals surface area contributed by atoms with Crippen molar-refractivity contribution >= 4 is 33.4 Å². The molecule has 0 saturated heterocycles. The predicted molar refractivity (Wildman–Crippen MR) is 134 cm³/mol. The quantitative estimate of drug-likeness (QED) is 0.456. The topological polar surface area (TPSA) is 146 Å². The number of benzene rings is 2. The van der Waals surface area contributed by atoms with Gasteiger partial charge < -0.3 is 10.1 Å². The molecule has 0 spiro atoms. The number of esters is 1. The molecule has 3 aromatic rings. The summed E-state index contributed by atoms with van der Waals surface area (Å²) in [5.41, 5.74) is 0.653. The van der Waals surface area contributed by atoms with Crippen LogP contribution in [0.5, 0.6) is 0 Å². The van der Waals surface area contributed by atoms with E-state index in [1.807, 2.05) is 6.92 Å². The minimum atomic E-state index is -4.04. The summed E-state index contributed by atoms with van der Waals surface area (Å²) >= 11 is 0. The second-order valence-electron chi connectivity index (χ2n) is 8.27. The molecule has 0 fully saturated rings. The number of carbonyl (C=O) groups excluding carboxylic acids is 2. The molecule has 2 N–H and O–H groups in total. The summed E-state index contributed by atoms with van der Waals surface area (Å²) in [6.07, 6.45) is 0. The standard InChI is InChI=1S/C24H26N4O7S/c1-14-10-15(2)22(16(3)11-14)36(33,34)26-18-9-7-6-8-17(18)23(31)35-13-20(29)25-19-12-21(30)28(5)24(32)27(19)4/h6-12,26H,13H2,1-5H3,(H,25,29). The minimum Gasteiger partial charge on any atom is -0.452 e. The van der Waals surface area contributed by atoms with Crippen molar-refractivity contribution in [1.29, 1.82) is 0 Å². The van der Waals surface area contributed by atoms with Crippen molar-refractivity contribution in [3.05, 3.63) is 85.6 Å². The Balaban J connectivity index is 1.77. The van der Waals surface area contributed by atoms with Gasteiger partial charge in [-0.15, -0.1) is 0 Å². The number of hydrogen-bond acceptors (Lipinski definition) is 7. The molecular weight excluding hydrogens is 488 g/mol. The number of rotatable bonds is 7. The smallest absolute Gasteiger partial charge is 0.340 e. The summed E-state index contributed by atoms with van der Waals surface area (Å²) in [7, 11) is -1.38. The number of hydrogen-bond donors (Lipinski definition) is 2. The highest BCUT2D eigenvalue weighted by Crippen LogP contribution is 2.26. The molecule has 0 aliphatic carbocycles. The van der Waals surface area contributed by atoms with E-state index in [9.17, 15) is 27.6 Å². The van der Waals surface area contributed by atoms with Crippen LogP contribution in [-0.4, -0.2) is 36.0 Å². The number of aromatic nitrogens is 2. The van der Waals surface area contributed by atoms with E-state index >= 15 is 0 Å². The maximum Gasteiger partial charge on any atom is 0.340 e. The van der Waals surface area contributed by atoms with E-state index in [2.05, 4.69) is 10.0 Å². The molecule has 2 aromatic carbocycles. The molecule has 0 radical (unpaired) electrons. The van der Waals surface area contributed by atoms with Gasteiger partial charge in [0.25, 0.3) is 21.5 Å². The Bertz CT molecular complexity index is 1560. The summed E-state index contributed by atoms with van der Waals surface area (Å²) in [5.74, 6) is -1.81. The summed E-state index contributed by atoms with van der Waals surface area (Å²) in [6, 6.07) is 10.4. The third kappa shape index (κ3) is 5.54. The number of amides is 1. The van der Waals surface area contributed by atoms with Crippen molar-refractivity contribution in [1.82, 2.24) is 9.13 Å². The predicted octanol–water partition coefficient (Wildman–Crippen LogP) is 1.61. The molecule has 11 nitrogen and oxygen atoms in total. The van der Waals surface area contributed by atoms with E-state index in [1.54, 1.807) is 32.0 Å². The fraction of sp³-hybridized carbons (Fsp3) is 0.250. The molecule has 0 aliphatic rings. The van der Waals surface area contributed by atoms with Crippen molar-refractivity contribution in [3.8, 4) is 0 Å². The van der Waals surface area contributed by atoms with Crippen molar-refractivity contribution in [2.45, 2.75) is 25.7 Å². The Morgan fingerprint density at radius 2 is 1.56 bits per heavy atom. The molecule has 12 heteroatoms. The van der Waals surface area contributed by atoms with Crippen molar-refractivity contribution < 1.29 is 22.7 Å². The Morgan fingerprint density at radius 3 is 2.19 bits per heavy atom. The molecule has 1 amide bonds. The fourth-order valence-corrected chi connectivity index (χ4v) is 5.31. The highest BCUT2D eigenvalue weighted by Gasteiger charge is 2.23. The van der Waals surface area contributed by atoms with Gasteiger partial charge in [-0.05, 0) is 44.0 Å². The molecule has 0 atom stereocenters. The van der Waals surface area contributed by atoms with Crippen LogP contribution < -0.4 is 21.3 Å². The molecule has 0 aliphatic heterocycles. The van der Waals surface area contributed by atoms with Crippen LogP contribution in [-0.2, 0) is 33.7 Å². The van der Waals surface area contributed by atoms with Crippen LogP contribution in [0, 0.1) is 20.8 Å². The first-order valence-corrected chi connectivity index (χ1v) is 12.2. The van der Waals surface area contributed by atoms with Gasteiger partial charge in [0, 0.05) is 20.2 Å². The van der Waals surface area contributed by atoms with Crippen LogP contribution in [0.15, 0.2) is 56.9 Å². The number of para-hydroxylation sites is 1. The number of aryl methyl sites for hydroxylation is 3. The minimum absolute atomic E-state index is 0.0174. The maximum atomic E-state index is 13.1. The zero-order chi connectivity index (χ0) is 26.8. The van der Waals surface area contributed by atoms with Gasteiger partial charge >= 0.3 is 11.7 Å². The zero-order valence-corrected chi connectivity index (χ0v) is 21.2. The average Bonchev–Trinajstić information content (AvgIpc) is 2.78. The van der Waals surface area contributed by atoms with Crippen molar-refractivity contribution in [2.24, 2.45) is 14.1 Å². The number of anilines is 2. The normalized spacial score (nSPS) is 11.1. The second-order valence-corrected chi connectivity index (χ2v) is 9.89. The Labute approximate surface area is 207 Å². The molecule has 0 bridgehead atoms. The second kappa shape index (κ2) is 10.2. The Hall–Kier alpha value is -4.19. The van der Waals surface area contributed by atoms with E-state index in [-0.39, 0.29) is 22.0 Å². The van der Waals surface area contributed by atoms with Crippen LogP contribution in [0.2, 0.25) is 0 Å². The van der Waals surface area contributed by atoms with Gasteiger partial charge in [0.15, 0.2) is 6.61 Å². The lowest BCUT2D eigenvalue weighted by Gasteiger charge is -2.16. The first-order valence-electron chi connectivity index (χ1n) is 10.8. The largest absolute Gasteiger partial charge is 0.452 e. The van der Waals surface area contributed by atoms with Crippen molar-refractivity contribution in [2.75, 3.05) is 16.6 Å². The van der Waals surface area contributed by atoms with Gasteiger partial charge in [-0.3, -0.25) is 23.4 Å². The lowest BCUT2D eigenvalue weighted by atomic mass is 10.1. The van der Waals surface area contributed by atoms with Crippen LogP contribution in [0.1, 0.15) is 27.0 Å². The average molecular weight is 515 g/mol. The summed E-state index contributed by atoms with van der Waals surface area (Å²) in [6.45, 7) is 4.50. The van der Waals surface area contributed by atoms with Crippen molar-refractivity contribution in [3.63, 3.8) is 0 Å². The van der Waals surface area contributed by atoms with Gasteiger partial charge in [-0.1, -0.05) is 29.8 Å². The molecule has 1 heterocycles. The first-order chi connectivity index (χ1) is 16.8. The van der Waals surface area contributed by atoms with Gasteiger partial charge in [-0.2, -0.15) is 0 Å². The highest BCUT2D eigenvalue weighted by atomic mass is 32.2. The molecule has 3 rings (SSSR count). The lowest BCUT2D eigenvalue weighted by molar-refractivity contribution is -0.119. The van der Waals surface area contributed by atoms with Gasteiger partial charge in [0.2, 0.25) is 0 Å². The van der Waals surface area contributed by atoms with Gasteiger partial charge in [0.05, 0.1) is 16.1 Å². The summed E-state index contributed by atoms with van der Waals surface area (Å²) in [5, 5.41) is 2.34. The third-order valence-corrected chi connectivity index (χ3v) is 7.06. The van der Waals surface area contributed by atoms with E-state index in [0.717, 1.165) is 20.8 Å². The van der Waals surface area contributed by atoms with Gasteiger partial charge in [0.1, 0.15) is 5.82 Å². The van der Waals surface area contributed by atoms with E-state index < -0.39 is 39.8 Å². The van der Waals surface area contributed by atoms with Crippen LogP contribution in [0.3, 0.4) is 0 Å². The van der Waals surface area contributed by atoms with E-state index in [4.69, 9.17) is 4.74 Å². The monoisotopic (exact) mass is 514 g/mol. The first kappa shape index (κ1) is 26.4. The molecular formula is C24H26N4O7S. The third-order valence-electron chi connectivity index (χ3n) is 5.39. The molecule has 1 aromatic heterocycles. The summed E-state index contributed by atoms with van der Waals surface area (Å²) in [4.78, 5) is 48.9. The number of carbonyl (C=O) groups is 2. The highest BCUT2D eigenvalue weighted by molar-refractivity contribution is 7.92. The van der Waals surface area contributed by atoms with Gasteiger partial charge in [-0.25, -0.2) is 18.0 Å².